The van der Waals surface area contributed by atoms with Crippen LogP contribution in [0.2, 0.25) is 5.02 Å². The topological polar surface area (TPSA) is 73.2 Å². The molecule has 2 aromatic carbocycles. The zero-order valence-electron chi connectivity index (χ0n) is 14.0. The number of likely N-dealkylation sites (N-methyl/N-ethyl adjacent to an activating group) is 1. The van der Waals surface area contributed by atoms with Gasteiger partial charge in [-0.25, -0.2) is 0 Å². The van der Waals surface area contributed by atoms with Gasteiger partial charge in [-0.1, -0.05) is 17.7 Å². The number of rotatable bonds is 4. The minimum absolute atomic E-state index is 0.0935. The van der Waals surface area contributed by atoms with Gasteiger partial charge < -0.3 is 10.2 Å². The number of benzene rings is 2. The molecule has 0 atom stereocenters. The van der Waals surface area contributed by atoms with Crippen LogP contribution in [0.25, 0.3) is 0 Å². The van der Waals surface area contributed by atoms with Crippen LogP contribution >= 0.6 is 11.6 Å². The van der Waals surface area contributed by atoms with E-state index in [-0.39, 0.29) is 17.8 Å². The van der Waals surface area contributed by atoms with Crippen LogP contribution in [0.5, 0.6) is 0 Å². The van der Waals surface area contributed by atoms with Crippen molar-refractivity contribution in [3.8, 4) is 6.07 Å². The van der Waals surface area contributed by atoms with Gasteiger partial charge in [0.1, 0.15) is 0 Å². The first-order valence-corrected chi connectivity index (χ1v) is 7.92. The molecule has 0 heterocycles. The number of amides is 2. The molecule has 0 aliphatic rings. The minimum Gasteiger partial charge on any atom is -0.332 e. The molecule has 9 heteroatoms. The summed E-state index contributed by atoms with van der Waals surface area (Å²) >= 11 is 5.53. The first-order valence-electron chi connectivity index (χ1n) is 7.54. The molecule has 2 rings (SSSR count). The highest BCUT2D eigenvalue weighted by Gasteiger charge is 2.33. The van der Waals surface area contributed by atoms with E-state index in [9.17, 15) is 22.8 Å². The van der Waals surface area contributed by atoms with Gasteiger partial charge in [0.25, 0.3) is 5.91 Å². The summed E-state index contributed by atoms with van der Waals surface area (Å²) in [6.45, 7) is -0.389. The fourth-order valence-electron chi connectivity index (χ4n) is 2.25. The smallest absolute Gasteiger partial charge is 0.332 e. The predicted molar refractivity (Wildman–Crippen MR) is 93.2 cm³/mol. The summed E-state index contributed by atoms with van der Waals surface area (Å²) in [5, 5.41) is 10.7. The second-order valence-corrected chi connectivity index (χ2v) is 6.00. The molecule has 0 aromatic heterocycles. The quantitative estimate of drug-likeness (QED) is 0.852. The number of nitrogens with zero attached hydrogens (tertiary/aromatic N) is 2. The number of halogens is 4. The normalized spacial score (nSPS) is 10.8. The maximum atomic E-state index is 12.9. The van der Waals surface area contributed by atoms with E-state index in [1.807, 2.05) is 6.07 Å². The highest BCUT2D eigenvalue weighted by atomic mass is 35.5. The molecule has 0 aliphatic carbocycles. The van der Waals surface area contributed by atoms with E-state index >= 15 is 0 Å². The van der Waals surface area contributed by atoms with Crippen molar-refractivity contribution in [1.29, 1.82) is 5.26 Å². The zero-order valence-corrected chi connectivity index (χ0v) is 14.7. The molecular weight excluding hydrogens is 383 g/mol. The number of anilines is 1. The number of alkyl halides is 3. The van der Waals surface area contributed by atoms with E-state index in [4.69, 9.17) is 16.9 Å². The monoisotopic (exact) mass is 395 g/mol. The molecule has 5 nitrogen and oxygen atoms in total. The first-order chi connectivity index (χ1) is 12.6. The maximum absolute atomic E-state index is 12.9. The summed E-state index contributed by atoms with van der Waals surface area (Å²) in [7, 11) is 1.37. The summed E-state index contributed by atoms with van der Waals surface area (Å²) < 4.78 is 38.6. The molecule has 0 aliphatic heterocycles. The van der Waals surface area contributed by atoms with Crippen molar-refractivity contribution in [3.63, 3.8) is 0 Å². The summed E-state index contributed by atoms with van der Waals surface area (Å²) in [4.78, 5) is 25.4. The molecule has 1 N–H and O–H groups in total. The van der Waals surface area contributed by atoms with Crippen LogP contribution < -0.4 is 5.32 Å². The van der Waals surface area contributed by atoms with Crippen molar-refractivity contribution in [2.75, 3.05) is 18.9 Å². The molecule has 2 aromatic rings. The summed E-state index contributed by atoms with van der Waals surface area (Å²) in [5.74, 6) is -1.19. The molecule has 2 amide bonds. The average Bonchev–Trinajstić information content (AvgIpc) is 2.61. The van der Waals surface area contributed by atoms with Gasteiger partial charge in [-0.05, 0) is 36.4 Å². The van der Waals surface area contributed by atoms with Gasteiger partial charge in [0, 0.05) is 18.3 Å². The van der Waals surface area contributed by atoms with Crippen molar-refractivity contribution in [2.24, 2.45) is 0 Å². The van der Waals surface area contributed by atoms with Crippen LogP contribution in [0, 0.1) is 11.3 Å². The van der Waals surface area contributed by atoms with Crippen LogP contribution in [0.3, 0.4) is 0 Å². The molecular formula is C18H13ClF3N3O2. The maximum Gasteiger partial charge on any atom is 0.417 e. The third kappa shape index (κ3) is 5.21. The van der Waals surface area contributed by atoms with E-state index in [2.05, 4.69) is 5.32 Å². The average molecular weight is 396 g/mol. The van der Waals surface area contributed by atoms with Crippen LogP contribution in [0.4, 0.5) is 18.9 Å². The van der Waals surface area contributed by atoms with E-state index in [0.29, 0.717) is 5.56 Å². The van der Waals surface area contributed by atoms with Crippen LogP contribution in [-0.2, 0) is 11.0 Å². The lowest BCUT2D eigenvalue weighted by molar-refractivity contribution is -0.137. The Bertz CT molecular complexity index is 923. The van der Waals surface area contributed by atoms with Gasteiger partial charge in [-0.2, -0.15) is 18.4 Å². The lowest BCUT2D eigenvalue weighted by atomic mass is 10.1. The van der Waals surface area contributed by atoms with Gasteiger partial charge >= 0.3 is 6.18 Å². The number of hydrogen-bond acceptors (Lipinski definition) is 3. The van der Waals surface area contributed by atoms with Crippen molar-refractivity contribution in [3.05, 3.63) is 64.2 Å². The molecule has 0 radical (unpaired) electrons. The lowest BCUT2D eigenvalue weighted by Crippen LogP contribution is -2.35. The van der Waals surface area contributed by atoms with E-state index in [0.717, 1.165) is 17.0 Å². The number of carbonyl (C=O) groups excluding carboxylic acids is 2. The van der Waals surface area contributed by atoms with E-state index in [1.165, 1.54) is 37.4 Å². The fourth-order valence-corrected chi connectivity index (χ4v) is 2.47. The molecule has 0 bridgehead atoms. The number of nitrogens with one attached hydrogen (secondary N) is 1. The van der Waals surface area contributed by atoms with Gasteiger partial charge in [-0.3, -0.25) is 9.59 Å². The highest BCUT2D eigenvalue weighted by Crippen LogP contribution is 2.36. The zero-order chi connectivity index (χ0) is 20.2. The Hall–Kier alpha value is -3.05. The van der Waals surface area contributed by atoms with Crippen molar-refractivity contribution in [2.45, 2.75) is 6.18 Å². The summed E-state index contributed by atoms with van der Waals surface area (Å²) in [5.41, 5.74) is -0.654. The molecule has 0 saturated heterocycles. The lowest BCUT2D eigenvalue weighted by Gasteiger charge is -2.17. The number of carbonyl (C=O) groups is 2. The third-order valence-corrected chi connectivity index (χ3v) is 3.85. The molecule has 140 valence electrons. The number of hydrogen-bond donors (Lipinski definition) is 1. The first kappa shape index (κ1) is 20.3. The Labute approximate surface area is 158 Å². The Balaban J connectivity index is 2.07. The largest absolute Gasteiger partial charge is 0.417 e. The van der Waals surface area contributed by atoms with Crippen molar-refractivity contribution in [1.82, 2.24) is 4.90 Å². The SMILES string of the molecule is CN(CC(=O)Nc1ccc(Cl)c(C(F)(F)F)c1)C(=O)c1cccc(C#N)c1. The van der Waals surface area contributed by atoms with Gasteiger partial charge in [0.2, 0.25) is 5.91 Å². The van der Waals surface area contributed by atoms with Gasteiger partial charge in [0.15, 0.2) is 0 Å². The van der Waals surface area contributed by atoms with Crippen LogP contribution in [0.1, 0.15) is 21.5 Å². The Kier molecular flexibility index (Phi) is 6.08. The molecule has 0 saturated carbocycles. The van der Waals surface area contributed by atoms with Crippen LogP contribution in [0.15, 0.2) is 42.5 Å². The summed E-state index contributed by atoms with van der Waals surface area (Å²) in [6, 6.07) is 10.8. The second-order valence-electron chi connectivity index (χ2n) is 5.59. The molecule has 0 fully saturated rings. The molecule has 27 heavy (non-hydrogen) atoms. The number of nitriles is 1. The Morgan fingerprint density at radius 2 is 1.93 bits per heavy atom. The Morgan fingerprint density at radius 3 is 2.56 bits per heavy atom. The van der Waals surface area contributed by atoms with E-state index in [1.54, 1.807) is 0 Å². The molecule has 0 spiro atoms. The highest BCUT2D eigenvalue weighted by molar-refractivity contribution is 6.31. The summed E-state index contributed by atoms with van der Waals surface area (Å²) in [6.07, 6.45) is -4.66. The Morgan fingerprint density at radius 1 is 1.22 bits per heavy atom. The second kappa shape index (κ2) is 8.10. The van der Waals surface area contributed by atoms with Crippen LogP contribution in [-0.4, -0.2) is 30.3 Å². The minimum atomic E-state index is -4.66. The predicted octanol–water partition coefficient (Wildman–Crippen LogP) is 3.94. The molecule has 0 unspecified atom stereocenters. The van der Waals surface area contributed by atoms with Gasteiger partial charge in [-0.15, -0.1) is 0 Å². The van der Waals surface area contributed by atoms with Gasteiger partial charge in [0.05, 0.1) is 28.8 Å². The fraction of sp³-hybridized carbons (Fsp3) is 0.167. The van der Waals surface area contributed by atoms with Crippen molar-refractivity contribution < 1.29 is 22.8 Å². The van der Waals surface area contributed by atoms with Crippen molar-refractivity contribution >= 4 is 29.1 Å². The standard InChI is InChI=1S/C18H13ClF3N3O2/c1-25(17(27)12-4-2-3-11(7-12)9-23)10-16(26)24-13-5-6-15(19)14(8-13)18(20,21)22/h2-8H,10H2,1H3,(H,24,26). The third-order valence-electron chi connectivity index (χ3n) is 3.52. The van der Waals surface area contributed by atoms with E-state index < -0.39 is 28.6 Å².